The van der Waals surface area contributed by atoms with Crippen molar-refractivity contribution in [1.29, 1.82) is 0 Å². The Labute approximate surface area is 71.3 Å². The van der Waals surface area contributed by atoms with Gasteiger partial charge in [-0.25, -0.2) is 0 Å². The maximum atomic E-state index is 9.44. The van der Waals surface area contributed by atoms with Crippen LogP contribution in [0.5, 0.6) is 0 Å². The molecule has 0 bridgehead atoms. The van der Waals surface area contributed by atoms with Crippen molar-refractivity contribution in [2.75, 3.05) is 12.3 Å². The third-order valence-electron chi connectivity index (χ3n) is 2.12. The summed E-state index contributed by atoms with van der Waals surface area (Å²) in [6.07, 6.45) is 0.831. The van der Waals surface area contributed by atoms with Gasteiger partial charge in [0.05, 0.1) is 0 Å². The monoisotopic (exact) mass is 163 g/mol. The summed E-state index contributed by atoms with van der Waals surface area (Å²) in [6, 6.07) is 5.64. The Bertz CT molecular complexity index is 303. The molecule has 0 saturated carbocycles. The first-order valence-electron chi connectivity index (χ1n) is 3.96. The van der Waals surface area contributed by atoms with Crippen molar-refractivity contribution >= 4 is 18.3 Å². The SMILES string of the molecule is Nc1cccc2c1B(O)OCC2. The predicted molar refractivity (Wildman–Crippen MR) is 48.1 cm³/mol. The largest absolute Gasteiger partial charge is 0.493 e. The van der Waals surface area contributed by atoms with Crippen LogP contribution in [0.15, 0.2) is 18.2 Å². The Morgan fingerprint density at radius 3 is 3.08 bits per heavy atom. The first-order chi connectivity index (χ1) is 5.79. The molecule has 1 aromatic rings. The Hall–Kier alpha value is -0.995. The van der Waals surface area contributed by atoms with Gasteiger partial charge in [0.15, 0.2) is 0 Å². The number of benzene rings is 1. The molecule has 1 aromatic carbocycles. The lowest BCUT2D eigenvalue weighted by Crippen LogP contribution is -2.42. The highest BCUT2D eigenvalue weighted by Gasteiger charge is 2.26. The second-order valence-electron chi connectivity index (χ2n) is 2.89. The normalized spacial score (nSPS) is 15.9. The minimum Gasteiger partial charge on any atom is -0.423 e. The number of hydrogen-bond acceptors (Lipinski definition) is 3. The lowest BCUT2D eigenvalue weighted by molar-refractivity contribution is 0.266. The van der Waals surface area contributed by atoms with Crippen LogP contribution in [-0.4, -0.2) is 18.7 Å². The van der Waals surface area contributed by atoms with Crippen molar-refractivity contribution in [1.82, 2.24) is 0 Å². The molecule has 2 rings (SSSR count). The van der Waals surface area contributed by atoms with E-state index in [2.05, 4.69) is 0 Å². The van der Waals surface area contributed by atoms with Crippen LogP contribution in [-0.2, 0) is 11.1 Å². The Morgan fingerprint density at radius 1 is 1.50 bits per heavy atom. The number of fused-ring (bicyclic) bond motifs is 1. The summed E-state index contributed by atoms with van der Waals surface area (Å²) in [4.78, 5) is 0. The van der Waals surface area contributed by atoms with Crippen molar-refractivity contribution in [2.24, 2.45) is 0 Å². The molecule has 1 heterocycles. The first-order valence-corrected chi connectivity index (χ1v) is 3.96. The molecular formula is C8H10BNO2. The summed E-state index contributed by atoms with van der Waals surface area (Å²) < 4.78 is 5.06. The Kier molecular flexibility index (Phi) is 1.79. The molecule has 0 fully saturated rings. The summed E-state index contributed by atoms with van der Waals surface area (Å²) in [7, 11) is -0.838. The van der Waals surface area contributed by atoms with Crippen LogP contribution in [0.4, 0.5) is 5.69 Å². The van der Waals surface area contributed by atoms with Crippen LogP contribution in [0.2, 0.25) is 0 Å². The minimum atomic E-state index is -0.838. The third-order valence-corrected chi connectivity index (χ3v) is 2.12. The Balaban J connectivity index is 2.53. The standard InChI is InChI=1S/C8H10BNO2/c10-7-3-1-2-6-4-5-12-9(11)8(6)7/h1-3,11H,4-5,10H2. The maximum Gasteiger partial charge on any atom is 0.493 e. The first kappa shape index (κ1) is 7.64. The van der Waals surface area contributed by atoms with Gasteiger partial charge in [-0.1, -0.05) is 12.1 Å². The zero-order chi connectivity index (χ0) is 8.55. The summed E-state index contributed by atoms with van der Waals surface area (Å²) in [5.74, 6) is 0. The molecule has 0 amide bonds. The minimum absolute atomic E-state index is 0.567. The maximum absolute atomic E-state index is 9.44. The molecule has 3 N–H and O–H groups in total. The van der Waals surface area contributed by atoms with E-state index in [9.17, 15) is 5.02 Å². The van der Waals surface area contributed by atoms with E-state index < -0.39 is 7.12 Å². The van der Waals surface area contributed by atoms with Crippen molar-refractivity contribution in [3.8, 4) is 0 Å². The topological polar surface area (TPSA) is 55.5 Å². The van der Waals surface area contributed by atoms with E-state index in [1.54, 1.807) is 6.07 Å². The average molecular weight is 163 g/mol. The molecule has 1 aliphatic rings. The van der Waals surface area contributed by atoms with E-state index >= 15 is 0 Å². The molecule has 0 aromatic heterocycles. The second-order valence-corrected chi connectivity index (χ2v) is 2.89. The summed E-state index contributed by atoms with van der Waals surface area (Å²) in [6.45, 7) is 0.567. The van der Waals surface area contributed by atoms with E-state index in [-0.39, 0.29) is 0 Å². The lowest BCUT2D eigenvalue weighted by atomic mass is 9.72. The fourth-order valence-electron chi connectivity index (χ4n) is 1.52. The van der Waals surface area contributed by atoms with E-state index in [0.29, 0.717) is 12.3 Å². The van der Waals surface area contributed by atoms with Crippen LogP contribution in [0, 0.1) is 0 Å². The molecule has 0 atom stereocenters. The van der Waals surface area contributed by atoms with Gasteiger partial charge in [-0.05, 0) is 18.1 Å². The number of hydrogen-bond donors (Lipinski definition) is 2. The van der Waals surface area contributed by atoms with Crippen molar-refractivity contribution in [3.05, 3.63) is 23.8 Å². The van der Waals surface area contributed by atoms with E-state index in [1.807, 2.05) is 12.1 Å². The van der Waals surface area contributed by atoms with E-state index in [4.69, 9.17) is 10.4 Å². The number of rotatable bonds is 0. The van der Waals surface area contributed by atoms with Gasteiger partial charge < -0.3 is 15.4 Å². The average Bonchev–Trinajstić information content (AvgIpc) is 2.04. The van der Waals surface area contributed by atoms with Gasteiger partial charge in [0.1, 0.15) is 0 Å². The molecule has 0 saturated heterocycles. The third kappa shape index (κ3) is 1.09. The van der Waals surface area contributed by atoms with Gasteiger partial charge in [-0.2, -0.15) is 0 Å². The molecule has 0 unspecified atom stereocenters. The summed E-state index contributed by atoms with van der Waals surface area (Å²) in [5, 5.41) is 9.44. The molecule has 0 spiro atoms. The van der Waals surface area contributed by atoms with Crippen LogP contribution >= 0.6 is 0 Å². The molecule has 0 aliphatic carbocycles. The predicted octanol–water partition coefficient (Wildman–Crippen LogP) is -0.471. The van der Waals surface area contributed by atoms with Crippen molar-refractivity contribution < 1.29 is 9.68 Å². The molecule has 4 heteroatoms. The van der Waals surface area contributed by atoms with Crippen molar-refractivity contribution in [3.63, 3.8) is 0 Å². The van der Waals surface area contributed by atoms with Gasteiger partial charge in [0.2, 0.25) is 0 Å². The van der Waals surface area contributed by atoms with Crippen LogP contribution in [0.1, 0.15) is 5.56 Å². The quantitative estimate of drug-likeness (QED) is 0.401. The second kappa shape index (κ2) is 2.81. The highest BCUT2D eigenvalue weighted by atomic mass is 16.5. The highest BCUT2D eigenvalue weighted by Crippen LogP contribution is 2.10. The Morgan fingerprint density at radius 2 is 2.33 bits per heavy atom. The smallest absolute Gasteiger partial charge is 0.423 e. The number of anilines is 1. The molecule has 12 heavy (non-hydrogen) atoms. The molecular weight excluding hydrogens is 153 g/mol. The van der Waals surface area contributed by atoms with Gasteiger partial charge in [-0.3, -0.25) is 0 Å². The summed E-state index contributed by atoms with van der Waals surface area (Å²) >= 11 is 0. The molecule has 62 valence electrons. The van der Waals surface area contributed by atoms with Gasteiger partial charge in [-0.15, -0.1) is 0 Å². The van der Waals surface area contributed by atoms with Crippen LogP contribution in [0.25, 0.3) is 0 Å². The fraction of sp³-hybridized carbons (Fsp3) is 0.250. The summed E-state index contributed by atoms with van der Waals surface area (Å²) in [5.41, 5.74) is 8.13. The highest BCUT2D eigenvalue weighted by molar-refractivity contribution is 6.62. The van der Waals surface area contributed by atoms with Crippen molar-refractivity contribution in [2.45, 2.75) is 6.42 Å². The molecule has 3 nitrogen and oxygen atoms in total. The van der Waals surface area contributed by atoms with Crippen LogP contribution in [0.3, 0.4) is 0 Å². The zero-order valence-corrected chi connectivity index (χ0v) is 6.66. The van der Waals surface area contributed by atoms with Gasteiger partial charge in [0.25, 0.3) is 0 Å². The van der Waals surface area contributed by atoms with Crippen LogP contribution < -0.4 is 11.2 Å². The lowest BCUT2D eigenvalue weighted by Gasteiger charge is -2.20. The van der Waals surface area contributed by atoms with Gasteiger partial charge in [0, 0.05) is 17.8 Å². The zero-order valence-electron chi connectivity index (χ0n) is 6.66. The number of nitrogen functional groups attached to an aromatic ring is 1. The number of nitrogens with two attached hydrogens (primary N) is 1. The van der Waals surface area contributed by atoms with E-state index in [1.165, 1.54) is 0 Å². The van der Waals surface area contributed by atoms with E-state index in [0.717, 1.165) is 17.4 Å². The fourth-order valence-corrected chi connectivity index (χ4v) is 1.52. The molecule has 0 radical (unpaired) electrons. The van der Waals surface area contributed by atoms with Gasteiger partial charge >= 0.3 is 7.12 Å². The molecule has 1 aliphatic heterocycles.